The highest BCUT2D eigenvalue weighted by atomic mass is 32.2. The number of piperidine rings is 1. The second kappa shape index (κ2) is 15.8. The van der Waals surface area contributed by atoms with Crippen LogP contribution in [-0.2, 0) is 26.9 Å². The lowest BCUT2D eigenvalue weighted by atomic mass is 9.96. The number of nitrogens with zero attached hydrogens (tertiary/aromatic N) is 4. The number of rotatable bonds is 12. The van der Waals surface area contributed by atoms with Crippen molar-refractivity contribution in [2.45, 2.75) is 57.9 Å². The van der Waals surface area contributed by atoms with Gasteiger partial charge < -0.3 is 19.7 Å². The van der Waals surface area contributed by atoms with Gasteiger partial charge in [0.15, 0.2) is 9.84 Å². The number of carbonyl (C=O) groups excluding carboxylic acids is 1. The van der Waals surface area contributed by atoms with Gasteiger partial charge in [0.1, 0.15) is 18.2 Å². The fourth-order valence-electron chi connectivity index (χ4n) is 6.37. The summed E-state index contributed by atoms with van der Waals surface area (Å²) in [5.41, 5.74) is 2.48. The Morgan fingerprint density at radius 3 is 2.53 bits per heavy atom. The topological polar surface area (TPSA) is 124 Å². The van der Waals surface area contributed by atoms with E-state index < -0.39 is 39.5 Å². The van der Waals surface area contributed by atoms with Gasteiger partial charge in [0.2, 0.25) is 17.8 Å². The van der Waals surface area contributed by atoms with Gasteiger partial charge in [-0.05, 0) is 73.0 Å². The minimum Gasteiger partial charge on any atom is -0.445 e. The highest BCUT2D eigenvalue weighted by molar-refractivity contribution is 7.90. The van der Waals surface area contributed by atoms with Gasteiger partial charge in [-0.1, -0.05) is 49.4 Å². The van der Waals surface area contributed by atoms with Crippen molar-refractivity contribution in [2.75, 3.05) is 24.2 Å². The van der Waals surface area contributed by atoms with Crippen LogP contribution in [0, 0.1) is 18.7 Å². The quantitative estimate of drug-likeness (QED) is 0.134. The molecule has 0 bridgehead atoms. The molecule has 0 radical (unpaired) electrons. The third kappa shape index (κ3) is 9.60. The van der Waals surface area contributed by atoms with Gasteiger partial charge in [-0.15, -0.1) is 0 Å². The molecule has 3 aromatic carbocycles. The van der Waals surface area contributed by atoms with Crippen LogP contribution < -0.4 is 10.1 Å². The number of aromatic nitrogens is 3. The van der Waals surface area contributed by atoms with Crippen LogP contribution in [0.25, 0.3) is 22.0 Å². The summed E-state index contributed by atoms with van der Waals surface area (Å²) in [6.45, 7) is 5.67. The predicted octanol–water partition coefficient (Wildman–Crippen LogP) is 8.35. The lowest BCUT2D eigenvalue weighted by Crippen LogP contribution is -2.48. The number of nitrogens with one attached hydrogen (secondary N) is 1. The molecular weight excluding hydrogens is 708 g/mol. The first-order chi connectivity index (χ1) is 25.2. The summed E-state index contributed by atoms with van der Waals surface area (Å²) < 4.78 is 79.6. The number of sulfone groups is 1. The highest BCUT2D eigenvalue weighted by Gasteiger charge is 2.30. The zero-order valence-corrected chi connectivity index (χ0v) is 30.4. The number of anilines is 1. The number of alkyl halides is 2. The lowest BCUT2D eigenvalue weighted by Gasteiger charge is -2.36. The molecule has 1 fully saturated rings. The molecule has 278 valence electrons. The summed E-state index contributed by atoms with van der Waals surface area (Å²) in [5.74, 6) is -4.40. The van der Waals surface area contributed by atoms with Crippen LogP contribution in [0.1, 0.15) is 43.4 Å². The normalized spacial score (nSPS) is 16.4. The van der Waals surface area contributed by atoms with Gasteiger partial charge in [-0.2, -0.15) is 0 Å². The maximum Gasteiger partial charge on any atom is 0.410 e. The number of carbonyl (C=O) groups is 1. The Bertz CT molecular complexity index is 2200. The van der Waals surface area contributed by atoms with Crippen molar-refractivity contribution in [1.29, 1.82) is 0 Å². The average Bonchev–Trinajstić information content (AvgIpc) is 3.12. The molecule has 10 nitrogen and oxygen atoms in total. The Balaban J connectivity index is 1.21. The van der Waals surface area contributed by atoms with E-state index in [1.54, 1.807) is 54.5 Å². The van der Waals surface area contributed by atoms with Crippen LogP contribution in [0.2, 0.25) is 0 Å². The Hall–Kier alpha value is -5.24. The molecule has 53 heavy (non-hydrogen) atoms. The van der Waals surface area contributed by atoms with E-state index in [-0.39, 0.29) is 41.5 Å². The second-order valence-corrected chi connectivity index (χ2v) is 15.8. The SMILES string of the molecule is Cc1ccc2c(CS(=O)(=O)CCC(C)(F)F)c(F)ccc2c1Oc1ncccc1-c1ccnc(N[C@H]2C[C@@H](C)CN(C(=O)OCc3ccccc3)C2)n1. The van der Waals surface area contributed by atoms with Crippen LogP contribution in [0.4, 0.5) is 23.9 Å². The van der Waals surface area contributed by atoms with E-state index >= 15 is 4.39 Å². The van der Waals surface area contributed by atoms with E-state index in [2.05, 4.69) is 22.2 Å². The van der Waals surface area contributed by atoms with Crippen LogP contribution in [-0.4, -0.2) is 65.2 Å². The second-order valence-electron chi connectivity index (χ2n) is 13.6. The number of halogens is 3. The summed E-state index contributed by atoms with van der Waals surface area (Å²) in [4.78, 5) is 28.3. The lowest BCUT2D eigenvalue weighted by molar-refractivity contribution is 0.0189. The fourth-order valence-corrected chi connectivity index (χ4v) is 7.92. The first-order valence-electron chi connectivity index (χ1n) is 17.2. The Morgan fingerprint density at radius 1 is 0.981 bits per heavy atom. The van der Waals surface area contributed by atoms with Crippen molar-refractivity contribution in [3.05, 3.63) is 108 Å². The number of hydrogen-bond acceptors (Lipinski definition) is 9. The molecule has 6 rings (SSSR count). The van der Waals surface area contributed by atoms with Crippen molar-refractivity contribution < 1.29 is 35.9 Å². The molecule has 1 amide bonds. The molecule has 1 aliphatic heterocycles. The minimum atomic E-state index is -4.06. The van der Waals surface area contributed by atoms with E-state index in [9.17, 15) is 22.0 Å². The van der Waals surface area contributed by atoms with Crippen LogP contribution in [0.3, 0.4) is 0 Å². The fraction of sp³-hybridized carbons (Fsp3) is 0.333. The number of aryl methyl sites for hydroxylation is 1. The molecule has 2 aromatic heterocycles. The first kappa shape index (κ1) is 37.5. The molecule has 1 N–H and O–H groups in total. The largest absolute Gasteiger partial charge is 0.445 e. The number of ether oxygens (including phenoxy) is 2. The highest BCUT2D eigenvalue weighted by Crippen LogP contribution is 2.38. The molecule has 3 heterocycles. The van der Waals surface area contributed by atoms with E-state index in [1.807, 2.05) is 30.3 Å². The Morgan fingerprint density at radius 2 is 1.75 bits per heavy atom. The van der Waals surface area contributed by atoms with Crippen molar-refractivity contribution in [1.82, 2.24) is 19.9 Å². The van der Waals surface area contributed by atoms with Crippen molar-refractivity contribution in [3.63, 3.8) is 0 Å². The van der Waals surface area contributed by atoms with Crippen molar-refractivity contribution >= 4 is 32.7 Å². The summed E-state index contributed by atoms with van der Waals surface area (Å²) in [7, 11) is -4.06. The summed E-state index contributed by atoms with van der Waals surface area (Å²) in [5, 5.41) is 4.08. The summed E-state index contributed by atoms with van der Waals surface area (Å²) in [6.07, 6.45) is 2.69. The minimum absolute atomic E-state index is 0.125. The van der Waals surface area contributed by atoms with E-state index in [0.29, 0.717) is 53.9 Å². The number of amides is 1. The molecule has 14 heteroatoms. The molecular formula is C39H40F3N5O5S. The number of hydrogen-bond donors (Lipinski definition) is 1. The molecule has 1 aliphatic rings. The zero-order valence-electron chi connectivity index (χ0n) is 29.6. The number of pyridine rings is 1. The van der Waals surface area contributed by atoms with Gasteiger partial charge >= 0.3 is 6.09 Å². The molecule has 0 unspecified atom stereocenters. The van der Waals surface area contributed by atoms with Gasteiger partial charge in [-0.25, -0.2) is 41.3 Å². The molecule has 0 saturated carbocycles. The third-order valence-electron chi connectivity index (χ3n) is 8.98. The van der Waals surface area contributed by atoms with Crippen LogP contribution in [0.15, 0.2) is 85.2 Å². The van der Waals surface area contributed by atoms with Gasteiger partial charge in [-0.3, -0.25) is 0 Å². The van der Waals surface area contributed by atoms with Crippen LogP contribution in [0.5, 0.6) is 11.6 Å². The third-order valence-corrected chi connectivity index (χ3v) is 10.5. The number of likely N-dealkylation sites (tertiary alicyclic amines) is 1. The maximum atomic E-state index is 15.1. The maximum absolute atomic E-state index is 15.1. The molecule has 0 aliphatic carbocycles. The average molecular weight is 748 g/mol. The monoisotopic (exact) mass is 747 g/mol. The van der Waals surface area contributed by atoms with Crippen LogP contribution >= 0.6 is 0 Å². The molecule has 5 aromatic rings. The van der Waals surface area contributed by atoms with E-state index in [4.69, 9.17) is 14.5 Å². The van der Waals surface area contributed by atoms with Crippen molar-refractivity contribution in [3.8, 4) is 22.9 Å². The van der Waals surface area contributed by atoms with Gasteiger partial charge in [0, 0.05) is 48.9 Å². The molecule has 2 atom stereocenters. The smallest absolute Gasteiger partial charge is 0.410 e. The summed E-state index contributed by atoms with van der Waals surface area (Å²) >= 11 is 0. The first-order valence-corrected chi connectivity index (χ1v) is 19.0. The molecule has 1 saturated heterocycles. The van der Waals surface area contributed by atoms with Gasteiger partial charge in [0.25, 0.3) is 0 Å². The summed E-state index contributed by atoms with van der Waals surface area (Å²) in [6, 6.07) is 20.5. The predicted molar refractivity (Wildman–Crippen MR) is 196 cm³/mol. The Kier molecular flexibility index (Phi) is 11.2. The zero-order chi connectivity index (χ0) is 37.8. The Labute approximate surface area is 306 Å². The van der Waals surface area contributed by atoms with E-state index in [1.165, 1.54) is 6.07 Å². The standard InChI is InChI=1S/C39H40F3N5O5S/c1-25-20-28(22-47(21-25)38(48)51-23-27-8-5-4-6-9-27)45-37-44-18-15-34(46-37)31-10-7-17-43-36(31)52-35-26(2)11-12-29-30(35)13-14-33(40)32(29)24-53(49,50)19-16-39(3,41)42/h4-15,17-18,25,28H,16,19-24H2,1-3H3,(H,44,45,46)/t25-,28+/m1/s1. The number of fused-ring (bicyclic) bond motifs is 1. The van der Waals surface area contributed by atoms with Crippen molar-refractivity contribution in [2.24, 2.45) is 5.92 Å². The van der Waals surface area contributed by atoms with Gasteiger partial charge in [0.05, 0.1) is 22.8 Å². The van der Waals surface area contributed by atoms with E-state index in [0.717, 1.165) is 18.1 Å². The molecule has 0 spiro atoms. The number of benzene rings is 3.